The first kappa shape index (κ1) is 14.6. The fourth-order valence-corrected chi connectivity index (χ4v) is 2.43. The van der Waals surface area contributed by atoms with Gasteiger partial charge in [-0.3, -0.25) is 0 Å². The maximum Gasteiger partial charge on any atom is 0.224 e. The van der Waals surface area contributed by atoms with Crippen molar-refractivity contribution < 1.29 is 12.8 Å². The standard InChI is InChI=1S/C10H17FN4O2S/c1-4-12-10-13-5-8(11)9(15-10)14-7(2)6-18(3,16)17/h5,7H,4,6H2,1-3H3,(H2,12,13,14,15). The summed E-state index contributed by atoms with van der Waals surface area (Å²) >= 11 is 0. The molecular weight excluding hydrogens is 259 g/mol. The molecule has 1 aromatic rings. The number of anilines is 2. The average Bonchev–Trinajstić information content (AvgIpc) is 2.20. The van der Waals surface area contributed by atoms with E-state index in [1.54, 1.807) is 6.92 Å². The fourth-order valence-electron chi connectivity index (χ4n) is 1.44. The molecule has 0 spiro atoms. The lowest BCUT2D eigenvalue weighted by molar-refractivity contribution is 0.595. The van der Waals surface area contributed by atoms with Crippen molar-refractivity contribution in [3.63, 3.8) is 0 Å². The van der Waals surface area contributed by atoms with Crippen LogP contribution in [0.25, 0.3) is 0 Å². The molecule has 1 atom stereocenters. The van der Waals surface area contributed by atoms with Gasteiger partial charge in [-0.25, -0.2) is 17.8 Å². The lowest BCUT2D eigenvalue weighted by atomic mass is 10.4. The van der Waals surface area contributed by atoms with Crippen molar-refractivity contribution in [3.8, 4) is 0 Å². The molecule has 0 saturated heterocycles. The number of nitrogens with one attached hydrogen (secondary N) is 2. The molecule has 1 rings (SSSR count). The first-order valence-electron chi connectivity index (χ1n) is 5.52. The second-order valence-electron chi connectivity index (χ2n) is 4.06. The van der Waals surface area contributed by atoms with E-state index in [1.807, 2.05) is 6.92 Å². The molecule has 0 aliphatic carbocycles. The van der Waals surface area contributed by atoms with Gasteiger partial charge in [0.25, 0.3) is 0 Å². The van der Waals surface area contributed by atoms with Crippen LogP contribution in [0.2, 0.25) is 0 Å². The van der Waals surface area contributed by atoms with E-state index in [1.165, 1.54) is 0 Å². The molecule has 0 aliphatic rings. The van der Waals surface area contributed by atoms with Gasteiger partial charge in [0.05, 0.1) is 11.9 Å². The Labute approximate surface area is 106 Å². The van der Waals surface area contributed by atoms with Crippen LogP contribution < -0.4 is 10.6 Å². The largest absolute Gasteiger partial charge is 0.364 e. The Balaban J connectivity index is 2.79. The molecule has 8 heteroatoms. The van der Waals surface area contributed by atoms with E-state index in [-0.39, 0.29) is 11.6 Å². The van der Waals surface area contributed by atoms with Gasteiger partial charge in [0, 0.05) is 18.8 Å². The second kappa shape index (κ2) is 5.94. The third-order valence-electron chi connectivity index (χ3n) is 2.01. The van der Waals surface area contributed by atoms with Gasteiger partial charge in [0.1, 0.15) is 9.84 Å². The zero-order valence-corrected chi connectivity index (χ0v) is 11.4. The third kappa shape index (κ3) is 4.82. The minimum atomic E-state index is -3.12. The highest BCUT2D eigenvalue weighted by Gasteiger charge is 2.14. The average molecular weight is 276 g/mol. The molecular formula is C10H17FN4O2S. The van der Waals surface area contributed by atoms with Gasteiger partial charge in [-0.2, -0.15) is 4.98 Å². The van der Waals surface area contributed by atoms with E-state index in [2.05, 4.69) is 20.6 Å². The molecule has 0 amide bonds. The highest BCUT2D eigenvalue weighted by atomic mass is 32.2. The summed E-state index contributed by atoms with van der Waals surface area (Å²) < 4.78 is 35.7. The quantitative estimate of drug-likeness (QED) is 0.803. The van der Waals surface area contributed by atoms with E-state index < -0.39 is 21.7 Å². The molecule has 6 nitrogen and oxygen atoms in total. The normalized spacial score (nSPS) is 13.1. The van der Waals surface area contributed by atoms with Gasteiger partial charge in [0.15, 0.2) is 11.6 Å². The predicted octanol–water partition coefficient (Wildman–Crippen LogP) is 0.892. The van der Waals surface area contributed by atoms with Crippen molar-refractivity contribution in [1.82, 2.24) is 9.97 Å². The molecule has 0 fully saturated rings. The van der Waals surface area contributed by atoms with Gasteiger partial charge >= 0.3 is 0 Å². The van der Waals surface area contributed by atoms with Crippen molar-refractivity contribution in [2.75, 3.05) is 29.2 Å². The number of halogens is 1. The summed E-state index contributed by atoms with van der Waals surface area (Å²) in [6.07, 6.45) is 2.17. The summed E-state index contributed by atoms with van der Waals surface area (Å²) in [6.45, 7) is 4.13. The summed E-state index contributed by atoms with van der Waals surface area (Å²) in [6, 6.07) is -0.432. The van der Waals surface area contributed by atoms with Gasteiger partial charge in [-0.15, -0.1) is 0 Å². The van der Waals surface area contributed by atoms with E-state index in [0.29, 0.717) is 12.5 Å². The molecule has 0 aromatic carbocycles. The Morgan fingerprint density at radius 3 is 2.72 bits per heavy atom. The fraction of sp³-hybridized carbons (Fsp3) is 0.600. The molecule has 1 heterocycles. The summed E-state index contributed by atoms with van der Waals surface area (Å²) in [5.74, 6) is -0.408. The maximum absolute atomic E-state index is 13.4. The molecule has 2 N–H and O–H groups in total. The Bertz CT molecular complexity index is 507. The highest BCUT2D eigenvalue weighted by Crippen LogP contribution is 2.13. The van der Waals surface area contributed by atoms with Gasteiger partial charge in [-0.1, -0.05) is 0 Å². The van der Waals surface area contributed by atoms with Crippen molar-refractivity contribution in [3.05, 3.63) is 12.0 Å². The number of rotatable bonds is 6. The van der Waals surface area contributed by atoms with Gasteiger partial charge < -0.3 is 10.6 Å². The molecule has 1 aromatic heterocycles. The summed E-state index contributed by atoms with van der Waals surface area (Å²) in [5.41, 5.74) is 0. The topological polar surface area (TPSA) is 84.0 Å². The number of hydrogen-bond donors (Lipinski definition) is 2. The molecule has 0 radical (unpaired) electrons. The molecule has 0 aliphatic heterocycles. The summed E-state index contributed by atoms with van der Waals surface area (Å²) in [7, 11) is -3.12. The lowest BCUT2D eigenvalue weighted by Crippen LogP contribution is -2.26. The zero-order valence-electron chi connectivity index (χ0n) is 10.6. The van der Waals surface area contributed by atoms with Crippen molar-refractivity contribution in [2.45, 2.75) is 19.9 Å². The third-order valence-corrected chi connectivity index (χ3v) is 3.12. The van der Waals surface area contributed by atoms with Crippen LogP contribution in [0.4, 0.5) is 16.2 Å². The smallest absolute Gasteiger partial charge is 0.224 e. The van der Waals surface area contributed by atoms with Crippen molar-refractivity contribution in [2.24, 2.45) is 0 Å². The Morgan fingerprint density at radius 2 is 2.17 bits per heavy atom. The highest BCUT2D eigenvalue weighted by molar-refractivity contribution is 7.90. The summed E-state index contributed by atoms with van der Waals surface area (Å²) in [4.78, 5) is 7.68. The summed E-state index contributed by atoms with van der Waals surface area (Å²) in [5, 5.41) is 5.57. The van der Waals surface area contributed by atoms with Crippen LogP contribution >= 0.6 is 0 Å². The molecule has 1 unspecified atom stereocenters. The van der Waals surface area contributed by atoms with Crippen LogP contribution in [0, 0.1) is 5.82 Å². The number of aromatic nitrogens is 2. The minimum absolute atomic E-state index is 0.00269. The molecule has 102 valence electrons. The molecule has 0 saturated carbocycles. The van der Waals surface area contributed by atoms with Gasteiger partial charge in [-0.05, 0) is 13.8 Å². The predicted molar refractivity (Wildman–Crippen MR) is 68.9 cm³/mol. The lowest BCUT2D eigenvalue weighted by Gasteiger charge is -2.14. The van der Waals surface area contributed by atoms with E-state index in [9.17, 15) is 12.8 Å². The Kier molecular flexibility index (Phi) is 4.83. The van der Waals surface area contributed by atoms with E-state index in [4.69, 9.17) is 0 Å². The van der Waals surface area contributed by atoms with Crippen LogP contribution in [0.5, 0.6) is 0 Å². The van der Waals surface area contributed by atoms with E-state index >= 15 is 0 Å². The first-order valence-corrected chi connectivity index (χ1v) is 7.58. The van der Waals surface area contributed by atoms with Crippen molar-refractivity contribution >= 4 is 21.6 Å². The number of sulfone groups is 1. The number of hydrogen-bond acceptors (Lipinski definition) is 6. The Hall–Kier alpha value is -1.44. The first-order chi connectivity index (χ1) is 8.31. The monoisotopic (exact) mass is 276 g/mol. The maximum atomic E-state index is 13.4. The molecule has 18 heavy (non-hydrogen) atoms. The van der Waals surface area contributed by atoms with Crippen LogP contribution in [0.15, 0.2) is 6.20 Å². The van der Waals surface area contributed by atoms with Crippen LogP contribution in [0.1, 0.15) is 13.8 Å². The molecule has 0 bridgehead atoms. The van der Waals surface area contributed by atoms with E-state index in [0.717, 1.165) is 12.5 Å². The van der Waals surface area contributed by atoms with Crippen LogP contribution in [-0.4, -0.2) is 43.0 Å². The van der Waals surface area contributed by atoms with Gasteiger partial charge in [0.2, 0.25) is 5.95 Å². The van der Waals surface area contributed by atoms with Crippen molar-refractivity contribution in [1.29, 1.82) is 0 Å². The van der Waals surface area contributed by atoms with Crippen LogP contribution in [0.3, 0.4) is 0 Å². The number of nitrogens with zero attached hydrogens (tertiary/aromatic N) is 2. The minimum Gasteiger partial charge on any atom is -0.364 e. The Morgan fingerprint density at radius 1 is 1.50 bits per heavy atom. The zero-order chi connectivity index (χ0) is 13.8. The SMILES string of the molecule is CCNc1ncc(F)c(NC(C)CS(C)(=O)=O)n1. The van der Waals surface area contributed by atoms with Crippen LogP contribution in [-0.2, 0) is 9.84 Å². The second-order valence-corrected chi connectivity index (χ2v) is 6.24.